The molecule has 1 unspecified atom stereocenters. The van der Waals surface area contributed by atoms with E-state index in [9.17, 15) is 0 Å². The molecule has 1 atom stereocenters. The maximum Gasteiger partial charge on any atom is 0.0662 e. The van der Waals surface area contributed by atoms with Crippen molar-refractivity contribution in [2.45, 2.75) is 39.8 Å². The van der Waals surface area contributed by atoms with Gasteiger partial charge in [-0.05, 0) is 19.3 Å². The van der Waals surface area contributed by atoms with Gasteiger partial charge >= 0.3 is 0 Å². The lowest BCUT2D eigenvalue weighted by Gasteiger charge is -2.06. The summed E-state index contributed by atoms with van der Waals surface area (Å²) in [6.07, 6.45) is 4.92. The summed E-state index contributed by atoms with van der Waals surface area (Å²) >= 11 is 0. The van der Waals surface area contributed by atoms with Crippen molar-refractivity contribution in [3.8, 4) is 0 Å². The van der Waals surface area contributed by atoms with E-state index >= 15 is 0 Å². The van der Waals surface area contributed by atoms with E-state index in [1.807, 2.05) is 24.0 Å². The molecule has 4 nitrogen and oxygen atoms in total. The molecule has 1 aromatic heterocycles. The molecule has 0 spiro atoms. The molecule has 92 valence electrons. The summed E-state index contributed by atoms with van der Waals surface area (Å²) in [6, 6.07) is 0.0515. The fourth-order valence-corrected chi connectivity index (χ4v) is 1.32. The Balaban J connectivity index is 2.17. The molecule has 0 aromatic carbocycles. The van der Waals surface area contributed by atoms with Crippen LogP contribution in [0.25, 0.3) is 0 Å². The van der Waals surface area contributed by atoms with Gasteiger partial charge in [0.2, 0.25) is 0 Å². The average molecular weight is 225 g/mol. The number of rotatable bonds is 7. The zero-order valence-corrected chi connectivity index (χ0v) is 10.5. The second-order valence-electron chi connectivity index (χ2n) is 4.62. The fraction of sp³-hybridized carbons (Fsp3) is 0.750. The molecule has 2 N–H and O–H groups in total. The van der Waals surface area contributed by atoms with Crippen molar-refractivity contribution in [1.29, 1.82) is 0 Å². The molecular formula is C12H23N3O. The summed E-state index contributed by atoms with van der Waals surface area (Å²) in [5, 5.41) is 4.23. The van der Waals surface area contributed by atoms with E-state index in [2.05, 4.69) is 18.9 Å². The number of nitrogens with two attached hydrogens (primary N) is 1. The molecule has 0 aliphatic heterocycles. The van der Waals surface area contributed by atoms with Gasteiger partial charge < -0.3 is 10.5 Å². The van der Waals surface area contributed by atoms with Gasteiger partial charge in [-0.1, -0.05) is 13.8 Å². The Labute approximate surface area is 97.8 Å². The monoisotopic (exact) mass is 225 g/mol. The molecule has 0 aliphatic carbocycles. The average Bonchev–Trinajstić information content (AvgIpc) is 2.65. The summed E-state index contributed by atoms with van der Waals surface area (Å²) < 4.78 is 7.41. The lowest BCUT2D eigenvalue weighted by molar-refractivity contribution is 0.114. The molecule has 1 aromatic rings. The summed E-state index contributed by atoms with van der Waals surface area (Å²) in [7, 11) is 0. The van der Waals surface area contributed by atoms with Crippen LogP contribution in [0.3, 0.4) is 0 Å². The third-order valence-electron chi connectivity index (χ3n) is 2.48. The summed E-state index contributed by atoms with van der Waals surface area (Å²) in [5.41, 5.74) is 6.82. The van der Waals surface area contributed by atoms with Crippen LogP contribution in [-0.2, 0) is 11.3 Å². The quantitative estimate of drug-likeness (QED) is 0.722. The normalized spacial score (nSPS) is 13.3. The molecule has 1 rings (SSSR count). The maximum atomic E-state index is 5.75. The van der Waals surface area contributed by atoms with E-state index < -0.39 is 0 Å². The Bertz CT molecular complexity index is 294. The first-order valence-electron chi connectivity index (χ1n) is 5.95. The predicted molar refractivity (Wildman–Crippen MR) is 65.1 cm³/mol. The minimum atomic E-state index is 0.0515. The molecular weight excluding hydrogens is 202 g/mol. The van der Waals surface area contributed by atoms with E-state index in [-0.39, 0.29) is 6.04 Å². The maximum absolute atomic E-state index is 5.75. The van der Waals surface area contributed by atoms with Crippen LogP contribution >= 0.6 is 0 Å². The van der Waals surface area contributed by atoms with Crippen molar-refractivity contribution < 1.29 is 4.74 Å². The van der Waals surface area contributed by atoms with Crippen LogP contribution < -0.4 is 5.73 Å². The predicted octanol–water partition coefficient (Wildman–Crippen LogP) is 1.97. The van der Waals surface area contributed by atoms with Crippen LogP contribution in [0.15, 0.2) is 12.4 Å². The van der Waals surface area contributed by atoms with Crippen molar-refractivity contribution in [2.24, 2.45) is 11.7 Å². The van der Waals surface area contributed by atoms with Gasteiger partial charge in [0, 0.05) is 24.4 Å². The standard InChI is InChI=1S/C12H23N3O/c1-10(2)4-6-16-7-5-15-9-12(8-14-15)11(3)13/h8-11H,4-7,13H2,1-3H3. The molecule has 0 aliphatic rings. The van der Waals surface area contributed by atoms with E-state index in [1.54, 1.807) is 0 Å². The van der Waals surface area contributed by atoms with Gasteiger partial charge in [-0.15, -0.1) is 0 Å². The van der Waals surface area contributed by atoms with Crippen LogP contribution in [0, 0.1) is 5.92 Å². The molecule has 0 radical (unpaired) electrons. The zero-order valence-electron chi connectivity index (χ0n) is 10.5. The highest BCUT2D eigenvalue weighted by atomic mass is 16.5. The van der Waals surface area contributed by atoms with Crippen LogP contribution in [0.2, 0.25) is 0 Å². The van der Waals surface area contributed by atoms with E-state index in [1.165, 1.54) is 0 Å². The third-order valence-corrected chi connectivity index (χ3v) is 2.48. The highest BCUT2D eigenvalue weighted by Gasteiger charge is 2.02. The van der Waals surface area contributed by atoms with Crippen molar-refractivity contribution >= 4 is 0 Å². The lowest BCUT2D eigenvalue weighted by atomic mass is 10.1. The highest BCUT2D eigenvalue weighted by Crippen LogP contribution is 2.07. The third kappa shape index (κ3) is 4.77. The van der Waals surface area contributed by atoms with Gasteiger partial charge in [-0.3, -0.25) is 4.68 Å². The Kier molecular flexibility index (Phi) is 5.49. The number of hydrogen-bond donors (Lipinski definition) is 1. The Morgan fingerprint density at radius 3 is 2.69 bits per heavy atom. The van der Waals surface area contributed by atoms with Crippen molar-refractivity contribution in [3.63, 3.8) is 0 Å². The Morgan fingerprint density at radius 1 is 1.38 bits per heavy atom. The van der Waals surface area contributed by atoms with Gasteiger partial charge in [0.1, 0.15) is 0 Å². The summed E-state index contributed by atoms with van der Waals surface area (Å²) in [5.74, 6) is 0.703. The van der Waals surface area contributed by atoms with E-state index in [0.29, 0.717) is 12.5 Å². The topological polar surface area (TPSA) is 53.1 Å². The fourth-order valence-electron chi connectivity index (χ4n) is 1.32. The molecule has 0 amide bonds. The number of nitrogens with zero attached hydrogens (tertiary/aromatic N) is 2. The minimum absolute atomic E-state index is 0.0515. The molecule has 1 heterocycles. The van der Waals surface area contributed by atoms with Gasteiger partial charge in [0.25, 0.3) is 0 Å². The largest absolute Gasteiger partial charge is 0.380 e. The van der Waals surface area contributed by atoms with Gasteiger partial charge in [-0.2, -0.15) is 5.10 Å². The molecule has 0 bridgehead atoms. The van der Waals surface area contributed by atoms with Crippen molar-refractivity contribution in [1.82, 2.24) is 9.78 Å². The number of ether oxygens (including phenoxy) is 1. The van der Waals surface area contributed by atoms with Crippen LogP contribution in [0.4, 0.5) is 0 Å². The van der Waals surface area contributed by atoms with E-state index in [0.717, 1.165) is 25.1 Å². The first kappa shape index (κ1) is 13.2. The molecule has 4 heteroatoms. The first-order chi connectivity index (χ1) is 7.59. The van der Waals surface area contributed by atoms with Crippen LogP contribution in [-0.4, -0.2) is 23.0 Å². The van der Waals surface area contributed by atoms with Gasteiger partial charge in [0.05, 0.1) is 19.3 Å². The van der Waals surface area contributed by atoms with Crippen molar-refractivity contribution in [2.75, 3.05) is 13.2 Å². The zero-order chi connectivity index (χ0) is 12.0. The Hall–Kier alpha value is -0.870. The summed E-state index contributed by atoms with van der Waals surface area (Å²) in [6.45, 7) is 8.70. The second kappa shape index (κ2) is 6.66. The molecule has 16 heavy (non-hydrogen) atoms. The number of hydrogen-bond acceptors (Lipinski definition) is 3. The lowest BCUT2D eigenvalue weighted by Crippen LogP contribution is -2.08. The first-order valence-corrected chi connectivity index (χ1v) is 5.95. The molecule has 0 saturated heterocycles. The molecule has 0 saturated carbocycles. The van der Waals surface area contributed by atoms with Gasteiger partial charge in [0.15, 0.2) is 0 Å². The Morgan fingerprint density at radius 2 is 2.12 bits per heavy atom. The summed E-state index contributed by atoms with van der Waals surface area (Å²) in [4.78, 5) is 0. The van der Waals surface area contributed by atoms with Crippen molar-refractivity contribution in [3.05, 3.63) is 18.0 Å². The van der Waals surface area contributed by atoms with Crippen LogP contribution in [0.5, 0.6) is 0 Å². The van der Waals surface area contributed by atoms with Crippen LogP contribution in [0.1, 0.15) is 38.8 Å². The smallest absolute Gasteiger partial charge is 0.0662 e. The van der Waals surface area contributed by atoms with Gasteiger partial charge in [-0.25, -0.2) is 0 Å². The minimum Gasteiger partial charge on any atom is -0.380 e. The second-order valence-corrected chi connectivity index (χ2v) is 4.62. The number of aromatic nitrogens is 2. The highest BCUT2D eigenvalue weighted by molar-refractivity contribution is 5.07. The van der Waals surface area contributed by atoms with E-state index in [4.69, 9.17) is 10.5 Å². The SMILES string of the molecule is CC(C)CCOCCn1cc(C(C)N)cn1. The molecule has 0 fully saturated rings.